The van der Waals surface area contributed by atoms with Gasteiger partial charge in [-0.3, -0.25) is 0 Å². The summed E-state index contributed by atoms with van der Waals surface area (Å²) in [6.07, 6.45) is 6.64. The Kier molecular flexibility index (Phi) is 6.94. The van der Waals surface area contributed by atoms with Gasteiger partial charge in [0.2, 0.25) is 0 Å². The van der Waals surface area contributed by atoms with Gasteiger partial charge < -0.3 is 14.4 Å². The van der Waals surface area contributed by atoms with Gasteiger partial charge >= 0.3 is 0 Å². The number of aryl methyl sites for hydroxylation is 2. The van der Waals surface area contributed by atoms with E-state index in [2.05, 4.69) is 158 Å². The van der Waals surface area contributed by atoms with Crippen LogP contribution in [0.25, 0.3) is 39.1 Å². The van der Waals surface area contributed by atoms with Crippen molar-refractivity contribution < 1.29 is 9.47 Å². The highest BCUT2D eigenvalue weighted by Crippen LogP contribution is 2.57. The van der Waals surface area contributed by atoms with Gasteiger partial charge in [0.15, 0.2) is 5.60 Å². The zero-order valence-electron chi connectivity index (χ0n) is 29.7. The fourth-order valence-corrected chi connectivity index (χ4v) is 8.99. The van der Waals surface area contributed by atoms with Gasteiger partial charge in [-0.2, -0.15) is 0 Å². The summed E-state index contributed by atoms with van der Waals surface area (Å²) in [6, 6.07) is 50.5. The number of hydrogen-bond acceptors (Lipinski definition) is 3. The fraction of sp³-hybridized carbons (Fsp3) is 0.143. The third-order valence-electron chi connectivity index (χ3n) is 11.4. The van der Waals surface area contributed by atoms with Crippen molar-refractivity contribution in [3.63, 3.8) is 0 Å². The lowest BCUT2D eigenvalue weighted by Crippen LogP contribution is -2.34. The van der Waals surface area contributed by atoms with Crippen molar-refractivity contribution >= 4 is 33.9 Å². The summed E-state index contributed by atoms with van der Waals surface area (Å²) in [5, 5.41) is 2.44. The van der Waals surface area contributed by atoms with Crippen LogP contribution in [0.15, 0.2) is 146 Å². The van der Waals surface area contributed by atoms with Crippen LogP contribution in [-0.2, 0) is 18.4 Å². The summed E-state index contributed by atoms with van der Waals surface area (Å²) >= 11 is 0. The average molecular weight is 674 g/mol. The number of nitrogens with zero attached hydrogens (tertiary/aromatic N) is 1. The molecule has 3 aliphatic rings. The van der Waals surface area contributed by atoms with Gasteiger partial charge in [-0.15, -0.1) is 0 Å². The van der Waals surface area contributed by atoms with Crippen molar-refractivity contribution in [2.45, 2.75) is 38.2 Å². The summed E-state index contributed by atoms with van der Waals surface area (Å²) < 4.78 is 13.2. The van der Waals surface area contributed by atoms with Crippen molar-refractivity contribution in [3.05, 3.63) is 179 Å². The molecule has 2 aliphatic heterocycles. The first kappa shape index (κ1) is 30.7. The number of ether oxygens (including phenoxy) is 2. The quantitative estimate of drug-likeness (QED) is 0.181. The molecular weight excluding hydrogens is 635 g/mol. The Bertz CT molecular complexity index is 2510. The van der Waals surface area contributed by atoms with E-state index in [1.54, 1.807) is 7.11 Å². The molecule has 52 heavy (non-hydrogen) atoms. The minimum absolute atomic E-state index is 0.299. The first-order valence-corrected chi connectivity index (χ1v) is 18.4. The molecule has 252 valence electrons. The molecule has 0 bridgehead atoms. The molecule has 0 radical (unpaired) electrons. The summed E-state index contributed by atoms with van der Waals surface area (Å²) in [6.45, 7) is 4.61. The lowest BCUT2D eigenvalue weighted by molar-refractivity contribution is 0.163. The monoisotopic (exact) mass is 673 g/mol. The van der Waals surface area contributed by atoms with Gasteiger partial charge in [0.1, 0.15) is 11.5 Å². The van der Waals surface area contributed by atoms with Crippen LogP contribution in [0.1, 0.15) is 53.1 Å². The second kappa shape index (κ2) is 11.7. The largest absolute Gasteiger partial charge is 0.497 e. The molecule has 0 saturated heterocycles. The van der Waals surface area contributed by atoms with Crippen LogP contribution in [0.5, 0.6) is 11.5 Å². The van der Waals surface area contributed by atoms with Crippen LogP contribution < -0.4 is 14.4 Å². The van der Waals surface area contributed by atoms with Gasteiger partial charge in [-0.1, -0.05) is 123 Å². The van der Waals surface area contributed by atoms with E-state index >= 15 is 0 Å². The van der Waals surface area contributed by atoms with Crippen LogP contribution in [0.4, 0.5) is 17.1 Å². The molecule has 2 heterocycles. The van der Waals surface area contributed by atoms with E-state index in [0.29, 0.717) is 5.92 Å². The van der Waals surface area contributed by atoms with Crippen LogP contribution in [-0.4, -0.2) is 7.11 Å². The molecular formula is C49H39NO2. The fourth-order valence-electron chi connectivity index (χ4n) is 8.99. The number of hydrogen-bond donors (Lipinski definition) is 0. The normalized spacial score (nSPS) is 16.5. The predicted octanol–water partition coefficient (Wildman–Crippen LogP) is 12.5. The van der Waals surface area contributed by atoms with E-state index in [1.807, 2.05) is 12.1 Å². The van der Waals surface area contributed by atoms with E-state index in [1.165, 1.54) is 61.3 Å². The molecule has 3 nitrogen and oxygen atoms in total. The predicted molar refractivity (Wildman–Crippen MR) is 214 cm³/mol. The third-order valence-corrected chi connectivity index (χ3v) is 11.4. The Morgan fingerprint density at radius 2 is 1.23 bits per heavy atom. The number of rotatable bonds is 5. The van der Waals surface area contributed by atoms with Crippen molar-refractivity contribution in [1.82, 2.24) is 0 Å². The van der Waals surface area contributed by atoms with Gasteiger partial charge in [-0.25, -0.2) is 0 Å². The molecule has 7 aromatic rings. The SMILES string of the molecule is COc1ccc(C2(c3ccc(N4c5ccccc5CCc5ccccc54)cc3)C=Cc3c(C(C)C)c4c5c(cccc5c3O2)-c2ccccc2-4)cc1. The topological polar surface area (TPSA) is 21.7 Å². The number of anilines is 3. The van der Waals surface area contributed by atoms with E-state index in [-0.39, 0.29) is 0 Å². The first-order valence-electron chi connectivity index (χ1n) is 18.4. The molecule has 3 heteroatoms. The average Bonchev–Trinajstić information content (AvgIpc) is 3.42. The molecule has 1 aliphatic carbocycles. The lowest BCUT2D eigenvalue weighted by atomic mass is 9.80. The minimum Gasteiger partial charge on any atom is -0.497 e. The van der Waals surface area contributed by atoms with Crippen molar-refractivity contribution in [2.24, 2.45) is 0 Å². The molecule has 0 saturated carbocycles. The van der Waals surface area contributed by atoms with Crippen molar-refractivity contribution in [1.29, 1.82) is 0 Å². The molecule has 0 fully saturated rings. The lowest BCUT2D eigenvalue weighted by Gasteiger charge is -2.38. The molecule has 1 atom stereocenters. The van der Waals surface area contributed by atoms with E-state index in [0.717, 1.165) is 46.5 Å². The second-order valence-electron chi connectivity index (χ2n) is 14.5. The molecule has 10 rings (SSSR count). The van der Waals surface area contributed by atoms with Crippen LogP contribution in [0, 0.1) is 0 Å². The van der Waals surface area contributed by atoms with Crippen LogP contribution in [0.3, 0.4) is 0 Å². The highest BCUT2D eigenvalue weighted by molar-refractivity contribution is 6.19. The van der Waals surface area contributed by atoms with Gasteiger partial charge in [-0.05, 0) is 100 Å². The second-order valence-corrected chi connectivity index (χ2v) is 14.5. The minimum atomic E-state index is -0.869. The van der Waals surface area contributed by atoms with E-state index in [4.69, 9.17) is 9.47 Å². The number of methoxy groups -OCH3 is 1. The Morgan fingerprint density at radius 3 is 1.88 bits per heavy atom. The highest BCUT2D eigenvalue weighted by Gasteiger charge is 2.40. The number of fused-ring (bicyclic) bond motifs is 7. The first-order chi connectivity index (χ1) is 25.6. The maximum atomic E-state index is 7.58. The standard InChI is InChI=1S/C49H39NO2/c1-31(2)45-42-29-30-49(35-23-27-37(51-3)28-24-35,52-48(42)41-16-10-15-39-38-13-6-7-14-40(38)47(45)46(39)41)34-21-25-36(26-22-34)50-43-17-8-4-11-32(43)19-20-33-12-5-9-18-44(33)50/h4-18,21-31H,19-20H2,1-3H3. The highest BCUT2D eigenvalue weighted by atomic mass is 16.5. The van der Waals surface area contributed by atoms with Gasteiger partial charge in [0.05, 0.1) is 7.11 Å². The Balaban J connectivity index is 1.17. The molecule has 0 spiro atoms. The van der Waals surface area contributed by atoms with Crippen LogP contribution in [0.2, 0.25) is 0 Å². The van der Waals surface area contributed by atoms with Gasteiger partial charge in [0, 0.05) is 44.5 Å². The molecule has 1 unspecified atom stereocenters. The van der Waals surface area contributed by atoms with Crippen LogP contribution >= 0.6 is 0 Å². The molecule has 0 amide bonds. The smallest absolute Gasteiger partial charge is 0.178 e. The zero-order chi connectivity index (χ0) is 35.0. The summed E-state index contributed by atoms with van der Waals surface area (Å²) in [5.74, 6) is 2.06. The third kappa shape index (κ3) is 4.45. The Hall–Kier alpha value is -6.06. The summed E-state index contributed by atoms with van der Waals surface area (Å²) in [4.78, 5) is 2.42. The summed E-state index contributed by atoms with van der Waals surface area (Å²) in [7, 11) is 1.71. The number of benzene rings is 7. The maximum absolute atomic E-state index is 7.58. The Labute approximate surface area is 305 Å². The molecule has 0 aromatic heterocycles. The van der Waals surface area contributed by atoms with E-state index in [9.17, 15) is 0 Å². The molecule has 0 N–H and O–H groups in total. The zero-order valence-corrected chi connectivity index (χ0v) is 29.7. The summed E-state index contributed by atoms with van der Waals surface area (Å²) in [5.41, 5.74) is 15.3. The van der Waals surface area contributed by atoms with Crippen molar-refractivity contribution in [3.8, 4) is 33.8 Å². The molecule has 7 aromatic carbocycles. The van der Waals surface area contributed by atoms with Gasteiger partial charge in [0.25, 0.3) is 0 Å². The van der Waals surface area contributed by atoms with Crippen molar-refractivity contribution in [2.75, 3.05) is 12.0 Å². The maximum Gasteiger partial charge on any atom is 0.178 e. The van der Waals surface area contributed by atoms with E-state index < -0.39 is 5.60 Å². The number of para-hydroxylation sites is 2. The Morgan fingerprint density at radius 1 is 0.635 bits per heavy atom.